The molecule has 3 aromatic heterocycles. The fourth-order valence-electron chi connectivity index (χ4n) is 3.92. The van der Waals surface area contributed by atoms with Gasteiger partial charge in [0.05, 0.1) is 12.2 Å². The highest BCUT2D eigenvalue weighted by Gasteiger charge is 2.23. The summed E-state index contributed by atoms with van der Waals surface area (Å²) in [6.45, 7) is 1.30. The number of hydrogen-bond acceptors (Lipinski definition) is 6. The van der Waals surface area contributed by atoms with Crippen LogP contribution < -0.4 is 0 Å². The Morgan fingerprint density at radius 1 is 1.03 bits per heavy atom. The molecule has 0 amide bonds. The SMILES string of the molecule is Cn1cc(-c2cccc(-c3ncc(-c4cn(C5CCOCC5)nc4C(=O)O)cn3)c2)cn1. The number of carboxylic acids is 1. The normalized spacial score (nSPS) is 14.5. The third-order valence-electron chi connectivity index (χ3n) is 5.62. The molecule has 9 nitrogen and oxygen atoms in total. The maximum absolute atomic E-state index is 11.8. The van der Waals surface area contributed by atoms with E-state index >= 15 is 0 Å². The molecule has 1 N–H and O–H groups in total. The zero-order valence-corrected chi connectivity index (χ0v) is 17.5. The molecule has 1 fully saturated rings. The minimum absolute atomic E-state index is 0.00594. The Morgan fingerprint density at radius 2 is 1.78 bits per heavy atom. The summed E-state index contributed by atoms with van der Waals surface area (Å²) in [6, 6.07) is 8.05. The lowest BCUT2D eigenvalue weighted by molar-refractivity contribution is 0.0645. The standard InChI is InChI=1S/C23H22N6O3/c1-28-13-18(12-26-28)15-3-2-4-16(9-15)22-24-10-17(11-25-22)20-14-29(27-21(20)23(30)31)19-5-7-32-8-6-19/h2-4,9-14,19H,5-8H2,1H3,(H,30,31). The average Bonchev–Trinajstić information content (AvgIpc) is 3.47. The first-order valence-electron chi connectivity index (χ1n) is 10.4. The predicted octanol–water partition coefficient (Wildman–Crippen LogP) is 3.46. The van der Waals surface area contributed by atoms with Crippen LogP contribution in [0.15, 0.2) is 55.2 Å². The summed E-state index contributed by atoms with van der Waals surface area (Å²) < 4.78 is 8.90. The van der Waals surface area contributed by atoms with Crippen molar-refractivity contribution in [2.24, 2.45) is 7.05 Å². The van der Waals surface area contributed by atoms with Crippen LogP contribution in [-0.4, -0.2) is 53.8 Å². The van der Waals surface area contributed by atoms with Crippen LogP contribution in [0.5, 0.6) is 0 Å². The Kier molecular flexibility index (Phi) is 5.24. The van der Waals surface area contributed by atoms with Crippen LogP contribution >= 0.6 is 0 Å². The fourth-order valence-corrected chi connectivity index (χ4v) is 3.92. The van der Waals surface area contributed by atoms with Gasteiger partial charge in [-0.15, -0.1) is 0 Å². The molecule has 162 valence electrons. The number of benzene rings is 1. The minimum atomic E-state index is -1.07. The summed E-state index contributed by atoms with van der Waals surface area (Å²) in [5, 5.41) is 18.2. The van der Waals surface area contributed by atoms with Crippen molar-refractivity contribution in [3.05, 3.63) is 60.9 Å². The number of ether oxygens (including phenoxy) is 1. The first-order valence-corrected chi connectivity index (χ1v) is 10.4. The van der Waals surface area contributed by atoms with Crippen LogP contribution in [0.4, 0.5) is 0 Å². The maximum Gasteiger partial charge on any atom is 0.357 e. The highest BCUT2D eigenvalue weighted by Crippen LogP contribution is 2.29. The topological polar surface area (TPSA) is 108 Å². The molecule has 0 saturated carbocycles. The van der Waals surface area contributed by atoms with E-state index in [2.05, 4.69) is 20.2 Å². The number of aryl methyl sites for hydroxylation is 1. The van der Waals surface area contributed by atoms with Gasteiger partial charge in [0.25, 0.3) is 0 Å². The van der Waals surface area contributed by atoms with Gasteiger partial charge in [0.2, 0.25) is 0 Å². The number of aromatic nitrogens is 6. The smallest absolute Gasteiger partial charge is 0.357 e. The Morgan fingerprint density at radius 3 is 2.47 bits per heavy atom. The average molecular weight is 430 g/mol. The van der Waals surface area contributed by atoms with Gasteiger partial charge in [-0.3, -0.25) is 9.36 Å². The van der Waals surface area contributed by atoms with E-state index < -0.39 is 5.97 Å². The summed E-state index contributed by atoms with van der Waals surface area (Å²) in [5.74, 6) is -0.507. The van der Waals surface area contributed by atoms with Crippen LogP contribution in [-0.2, 0) is 11.8 Å². The van der Waals surface area contributed by atoms with Crippen molar-refractivity contribution < 1.29 is 14.6 Å². The Labute approximate surface area is 184 Å². The molecular formula is C23H22N6O3. The highest BCUT2D eigenvalue weighted by atomic mass is 16.5. The van der Waals surface area contributed by atoms with Gasteiger partial charge in [0.1, 0.15) is 0 Å². The van der Waals surface area contributed by atoms with E-state index in [-0.39, 0.29) is 11.7 Å². The van der Waals surface area contributed by atoms with Crippen LogP contribution in [0.25, 0.3) is 33.6 Å². The number of hydrogen-bond donors (Lipinski definition) is 1. The third-order valence-corrected chi connectivity index (χ3v) is 5.62. The number of aromatic carboxylic acids is 1. The van der Waals surface area contributed by atoms with E-state index in [1.54, 1.807) is 28.0 Å². The molecule has 0 atom stereocenters. The monoisotopic (exact) mass is 430 g/mol. The van der Waals surface area contributed by atoms with E-state index in [0.29, 0.717) is 30.2 Å². The zero-order valence-electron chi connectivity index (χ0n) is 17.5. The van der Waals surface area contributed by atoms with Crippen molar-refractivity contribution in [3.8, 4) is 33.6 Å². The molecule has 0 unspecified atom stereocenters. The molecule has 9 heteroatoms. The van der Waals surface area contributed by atoms with Crippen molar-refractivity contribution in [3.63, 3.8) is 0 Å². The Balaban J connectivity index is 1.45. The van der Waals surface area contributed by atoms with Gasteiger partial charge in [0, 0.05) is 67.3 Å². The van der Waals surface area contributed by atoms with Crippen molar-refractivity contribution in [1.82, 2.24) is 29.5 Å². The van der Waals surface area contributed by atoms with Crippen LogP contribution in [0.2, 0.25) is 0 Å². The van der Waals surface area contributed by atoms with Gasteiger partial charge < -0.3 is 9.84 Å². The maximum atomic E-state index is 11.8. The van der Waals surface area contributed by atoms with E-state index in [4.69, 9.17) is 4.74 Å². The van der Waals surface area contributed by atoms with Crippen LogP contribution in [0, 0.1) is 0 Å². The van der Waals surface area contributed by atoms with E-state index in [0.717, 1.165) is 29.5 Å². The largest absolute Gasteiger partial charge is 0.476 e. The fraction of sp³-hybridized carbons (Fsp3) is 0.261. The molecule has 1 aliphatic rings. The van der Waals surface area contributed by atoms with E-state index in [9.17, 15) is 9.90 Å². The van der Waals surface area contributed by atoms with Crippen LogP contribution in [0.1, 0.15) is 29.4 Å². The van der Waals surface area contributed by atoms with E-state index in [1.807, 2.05) is 43.7 Å². The molecule has 1 aliphatic heterocycles. The van der Waals surface area contributed by atoms with E-state index in [1.165, 1.54) is 0 Å². The lowest BCUT2D eigenvalue weighted by Crippen LogP contribution is -2.20. The first kappa shape index (κ1) is 20.1. The van der Waals surface area contributed by atoms with Crippen molar-refractivity contribution in [2.45, 2.75) is 18.9 Å². The summed E-state index contributed by atoms with van der Waals surface area (Å²) >= 11 is 0. The molecule has 0 radical (unpaired) electrons. The van der Waals surface area contributed by atoms with Gasteiger partial charge in [-0.2, -0.15) is 10.2 Å². The molecule has 1 saturated heterocycles. The molecule has 0 spiro atoms. The summed E-state index contributed by atoms with van der Waals surface area (Å²) in [6.07, 6.45) is 10.5. The lowest BCUT2D eigenvalue weighted by Gasteiger charge is -2.22. The number of nitrogens with zero attached hydrogens (tertiary/aromatic N) is 6. The predicted molar refractivity (Wildman–Crippen MR) is 117 cm³/mol. The number of carbonyl (C=O) groups is 1. The molecule has 1 aromatic carbocycles. The summed E-state index contributed by atoms with van der Waals surface area (Å²) in [4.78, 5) is 20.8. The lowest BCUT2D eigenvalue weighted by atomic mass is 10.1. The molecular weight excluding hydrogens is 408 g/mol. The molecule has 32 heavy (non-hydrogen) atoms. The number of carboxylic acid groups (broad SMARTS) is 1. The Bertz CT molecular complexity index is 1250. The second kappa shape index (κ2) is 8.35. The third kappa shape index (κ3) is 3.90. The molecule has 0 aliphatic carbocycles. The Hall–Kier alpha value is -3.85. The summed E-state index contributed by atoms with van der Waals surface area (Å²) in [7, 11) is 1.88. The highest BCUT2D eigenvalue weighted by molar-refractivity contribution is 5.93. The van der Waals surface area contributed by atoms with Gasteiger partial charge in [-0.25, -0.2) is 14.8 Å². The quantitative estimate of drug-likeness (QED) is 0.516. The van der Waals surface area contributed by atoms with Gasteiger partial charge in [-0.1, -0.05) is 18.2 Å². The molecule has 4 aromatic rings. The first-order chi connectivity index (χ1) is 15.6. The molecule has 4 heterocycles. The second-order valence-corrected chi connectivity index (χ2v) is 7.80. The van der Waals surface area contributed by atoms with Gasteiger partial charge >= 0.3 is 5.97 Å². The number of rotatable bonds is 5. The summed E-state index contributed by atoms with van der Waals surface area (Å²) in [5.41, 5.74) is 4.04. The second-order valence-electron chi connectivity index (χ2n) is 7.80. The minimum Gasteiger partial charge on any atom is -0.476 e. The molecule has 5 rings (SSSR count). The van der Waals surface area contributed by atoms with Crippen molar-refractivity contribution >= 4 is 5.97 Å². The van der Waals surface area contributed by atoms with Gasteiger partial charge in [-0.05, 0) is 24.5 Å². The van der Waals surface area contributed by atoms with Gasteiger partial charge in [0.15, 0.2) is 11.5 Å². The van der Waals surface area contributed by atoms with Crippen molar-refractivity contribution in [2.75, 3.05) is 13.2 Å². The zero-order chi connectivity index (χ0) is 22.1. The molecule has 0 bridgehead atoms. The van der Waals surface area contributed by atoms with Crippen LogP contribution in [0.3, 0.4) is 0 Å². The van der Waals surface area contributed by atoms with Crippen molar-refractivity contribution in [1.29, 1.82) is 0 Å².